The Hall–Kier alpha value is -1.43. The number of nitrogens with zero attached hydrogens (tertiary/aromatic N) is 4. The number of nitrogens with one attached hydrogen (secondary N) is 1. The van der Waals surface area contributed by atoms with E-state index in [2.05, 4.69) is 22.3 Å². The third kappa shape index (κ3) is 3.76. The fourth-order valence-corrected chi connectivity index (χ4v) is 2.40. The molecule has 6 heteroatoms. The van der Waals surface area contributed by atoms with E-state index in [0.29, 0.717) is 6.54 Å². The van der Waals surface area contributed by atoms with Crippen LogP contribution < -0.4 is 5.32 Å². The molecule has 1 aliphatic heterocycles. The van der Waals surface area contributed by atoms with Gasteiger partial charge in [0.2, 0.25) is 5.91 Å². The van der Waals surface area contributed by atoms with Crippen LogP contribution in [0.4, 0.5) is 0 Å². The first-order valence-electron chi connectivity index (χ1n) is 7.07. The molecule has 1 fully saturated rings. The minimum atomic E-state index is 0.00499. The van der Waals surface area contributed by atoms with Crippen molar-refractivity contribution in [2.45, 2.75) is 38.6 Å². The monoisotopic (exact) mass is 265 g/mol. The zero-order valence-electron chi connectivity index (χ0n) is 11.8. The second-order valence-corrected chi connectivity index (χ2v) is 5.06. The van der Waals surface area contributed by atoms with E-state index in [9.17, 15) is 4.79 Å². The van der Waals surface area contributed by atoms with Gasteiger partial charge in [0.05, 0.1) is 6.04 Å². The zero-order valence-corrected chi connectivity index (χ0v) is 11.8. The minimum absolute atomic E-state index is 0.00499. The second-order valence-electron chi connectivity index (χ2n) is 5.06. The minimum Gasteiger partial charge on any atom is -0.341 e. The summed E-state index contributed by atoms with van der Waals surface area (Å²) in [5.74, 6) is 1.04. The predicted octanol–water partition coefficient (Wildman–Crippen LogP) is 0.348. The Labute approximate surface area is 114 Å². The molecular formula is C13H23N5O. The van der Waals surface area contributed by atoms with Gasteiger partial charge in [-0.15, -0.1) is 0 Å². The zero-order chi connectivity index (χ0) is 13.7. The molecule has 1 atom stereocenters. The van der Waals surface area contributed by atoms with Crippen LogP contribution in [0.2, 0.25) is 0 Å². The summed E-state index contributed by atoms with van der Waals surface area (Å²) in [6, 6.07) is 0.00499. The number of likely N-dealkylation sites (tertiary alicyclic amines) is 1. The predicted molar refractivity (Wildman–Crippen MR) is 72.6 cm³/mol. The van der Waals surface area contributed by atoms with E-state index >= 15 is 0 Å². The van der Waals surface area contributed by atoms with E-state index in [1.165, 1.54) is 0 Å². The van der Waals surface area contributed by atoms with Crippen molar-refractivity contribution < 1.29 is 4.79 Å². The molecule has 1 unspecified atom stereocenters. The first-order chi connectivity index (χ1) is 9.20. The molecule has 6 nitrogen and oxygen atoms in total. The number of hydrogen-bond donors (Lipinski definition) is 1. The van der Waals surface area contributed by atoms with Gasteiger partial charge in [-0.2, -0.15) is 5.10 Å². The average Bonchev–Trinajstić information content (AvgIpc) is 2.82. The van der Waals surface area contributed by atoms with Gasteiger partial charge in [0.1, 0.15) is 6.33 Å². The van der Waals surface area contributed by atoms with Crippen LogP contribution in [0.25, 0.3) is 0 Å². The van der Waals surface area contributed by atoms with Crippen molar-refractivity contribution in [3.05, 3.63) is 12.2 Å². The van der Waals surface area contributed by atoms with Crippen molar-refractivity contribution >= 4 is 5.91 Å². The topological polar surface area (TPSA) is 63.1 Å². The van der Waals surface area contributed by atoms with Crippen molar-refractivity contribution in [1.29, 1.82) is 0 Å². The summed E-state index contributed by atoms with van der Waals surface area (Å²) in [6.07, 6.45) is 5.51. The first kappa shape index (κ1) is 14.0. The number of piperidine rings is 1. The van der Waals surface area contributed by atoms with Crippen molar-refractivity contribution in [1.82, 2.24) is 25.0 Å². The Morgan fingerprint density at radius 3 is 3.05 bits per heavy atom. The molecule has 0 radical (unpaired) electrons. The van der Waals surface area contributed by atoms with E-state index in [0.717, 1.165) is 44.6 Å². The number of amides is 1. The molecule has 2 rings (SSSR count). The Morgan fingerprint density at radius 1 is 1.53 bits per heavy atom. The largest absolute Gasteiger partial charge is 0.341 e. The molecule has 0 bridgehead atoms. The van der Waals surface area contributed by atoms with E-state index in [-0.39, 0.29) is 11.9 Å². The second kappa shape index (κ2) is 6.65. The molecule has 1 aromatic rings. The van der Waals surface area contributed by atoms with Gasteiger partial charge in [-0.3, -0.25) is 9.48 Å². The highest BCUT2D eigenvalue weighted by Crippen LogP contribution is 2.12. The van der Waals surface area contributed by atoms with Crippen LogP contribution in [-0.2, 0) is 18.3 Å². The Bertz CT molecular complexity index is 417. The lowest BCUT2D eigenvalue weighted by atomic mass is 10.0. The molecule has 1 amide bonds. The van der Waals surface area contributed by atoms with E-state index in [1.54, 1.807) is 11.0 Å². The third-order valence-corrected chi connectivity index (χ3v) is 3.42. The molecule has 106 valence electrons. The maximum Gasteiger partial charge on any atom is 0.239 e. The molecule has 0 spiro atoms. The summed E-state index contributed by atoms with van der Waals surface area (Å²) in [5.41, 5.74) is 0. The number of carbonyl (C=O) groups excluding carboxylic acids is 1. The van der Waals surface area contributed by atoms with Gasteiger partial charge >= 0.3 is 0 Å². The van der Waals surface area contributed by atoms with Crippen LogP contribution in [-0.4, -0.2) is 51.2 Å². The molecule has 19 heavy (non-hydrogen) atoms. The molecule has 2 heterocycles. The Kier molecular flexibility index (Phi) is 4.90. The lowest BCUT2D eigenvalue weighted by molar-refractivity contribution is -0.135. The number of hydrogen-bond acceptors (Lipinski definition) is 4. The summed E-state index contributed by atoms with van der Waals surface area (Å²) in [4.78, 5) is 18.4. The van der Waals surface area contributed by atoms with Gasteiger partial charge in [0.15, 0.2) is 5.82 Å². The molecule has 1 aliphatic rings. The molecule has 0 saturated carbocycles. The van der Waals surface area contributed by atoms with Gasteiger partial charge < -0.3 is 10.2 Å². The highest BCUT2D eigenvalue weighted by Gasteiger charge is 2.27. The molecule has 1 N–H and O–H groups in total. The SMILES string of the molecule is CCCNC1CCCN(CCc2ncn(C)n2)C1=O. The molecule has 0 aliphatic carbocycles. The molecule has 1 aromatic heterocycles. The van der Waals surface area contributed by atoms with Gasteiger partial charge in [-0.05, 0) is 25.8 Å². The maximum absolute atomic E-state index is 12.3. The van der Waals surface area contributed by atoms with Crippen molar-refractivity contribution in [2.75, 3.05) is 19.6 Å². The summed E-state index contributed by atoms with van der Waals surface area (Å²) in [5, 5.41) is 7.57. The number of aromatic nitrogens is 3. The van der Waals surface area contributed by atoms with Gasteiger partial charge in [-0.25, -0.2) is 4.98 Å². The highest BCUT2D eigenvalue weighted by atomic mass is 16.2. The number of carbonyl (C=O) groups is 1. The van der Waals surface area contributed by atoms with Crippen LogP contribution >= 0.6 is 0 Å². The lowest BCUT2D eigenvalue weighted by Gasteiger charge is -2.32. The van der Waals surface area contributed by atoms with Crippen LogP contribution in [0.1, 0.15) is 32.0 Å². The standard InChI is InChI=1S/C13H23N5O/c1-3-7-14-11-5-4-8-18(13(11)19)9-6-12-15-10-17(2)16-12/h10-11,14H,3-9H2,1-2H3. The van der Waals surface area contributed by atoms with Gasteiger partial charge in [0.25, 0.3) is 0 Å². The average molecular weight is 265 g/mol. The third-order valence-electron chi connectivity index (χ3n) is 3.42. The first-order valence-corrected chi connectivity index (χ1v) is 7.07. The Morgan fingerprint density at radius 2 is 2.37 bits per heavy atom. The molecule has 0 aromatic carbocycles. The van der Waals surface area contributed by atoms with Crippen molar-refractivity contribution in [2.24, 2.45) is 7.05 Å². The fourth-order valence-electron chi connectivity index (χ4n) is 2.40. The fraction of sp³-hybridized carbons (Fsp3) is 0.769. The van der Waals surface area contributed by atoms with Crippen LogP contribution in [0.15, 0.2) is 6.33 Å². The van der Waals surface area contributed by atoms with Gasteiger partial charge in [0, 0.05) is 26.6 Å². The molecular weight excluding hydrogens is 242 g/mol. The van der Waals surface area contributed by atoms with Crippen molar-refractivity contribution in [3.8, 4) is 0 Å². The lowest BCUT2D eigenvalue weighted by Crippen LogP contribution is -2.51. The summed E-state index contributed by atoms with van der Waals surface area (Å²) in [7, 11) is 1.85. The van der Waals surface area contributed by atoms with Gasteiger partial charge in [-0.1, -0.05) is 6.92 Å². The molecule has 1 saturated heterocycles. The van der Waals surface area contributed by atoms with E-state index in [1.807, 2.05) is 11.9 Å². The van der Waals surface area contributed by atoms with E-state index < -0.39 is 0 Å². The number of aryl methyl sites for hydroxylation is 1. The summed E-state index contributed by atoms with van der Waals surface area (Å²) in [6.45, 7) is 4.60. The van der Waals surface area contributed by atoms with Crippen molar-refractivity contribution in [3.63, 3.8) is 0 Å². The van der Waals surface area contributed by atoms with E-state index in [4.69, 9.17) is 0 Å². The van der Waals surface area contributed by atoms with Crippen LogP contribution in [0, 0.1) is 0 Å². The highest BCUT2D eigenvalue weighted by molar-refractivity contribution is 5.82. The summed E-state index contributed by atoms with van der Waals surface area (Å²) < 4.78 is 1.69. The number of rotatable bonds is 6. The summed E-state index contributed by atoms with van der Waals surface area (Å²) >= 11 is 0. The maximum atomic E-state index is 12.3. The quantitative estimate of drug-likeness (QED) is 0.806. The Balaban J connectivity index is 1.83. The van der Waals surface area contributed by atoms with Crippen LogP contribution in [0.5, 0.6) is 0 Å². The smallest absolute Gasteiger partial charge is 0.239 e. The van der Waals surface area contributed by atoms with Crippen LogP contribution in [0.3, 0.4) is 0 Å². The normalized spacial score (nSPS) is 20.0.